The van der Waals surface area contributed by atoms with Crippen molar-refractivity contribution in [3.8, 4) is 21.7 Å². The van der Waals surface area contributed by atoms with Gasteiger partial charge in [0.25, 0.3) is 0 Å². The quantitative estimate of drug-likeness (QED) is 0.782. The lowest BCUT2D eigenvalue weighted by molar-refractivity contribution is 0.585. The normalized spacial score (nSPS) is 10.9. The van der Waals surface area contributed by atoms with E-state index in [1.54, 1.807) is 7.05 Å². The number of thiophene rings is 1. The molecule has 0 fully saturated rings. The van der Waals surface area contributed by atoms with Gasteiger partial charge in [-0.25, -0.2) is 8.78 Å². The van der Waals surface area contributed by atoms with Crippen LogP contribution in [0.15, 0.2) is 35.7 Å². The number of nitrogen functional groups attached to an aromatic ring is 1. The summed E-state index contributed by atoms with van der Waals surface area (Å²) in [7, 11) is 1.69. The molecule has 0 aliphatic carbocycles. The molecule has 0 atom stereocenters. The number of nitrogens with two attached hydrogens (primary N) is 1. The van der Waals surface area contributed by atoms with E-state index in [1.165, 1.54) is 28.2 Å². The third-order valence-corrected chi connectivity index (χ3v) is 3.93. The fraction of sp³-hybridized carbons (Fsp3) is 0.0714. The van der Waals surface area contributed by atoms with E-state index < -0.39 is 11.6 Å². The summed E-state index contributed by atoms with van der Waals surface area (Å²) >= 11 is 1.49. The highest BCUT2D eigenvalue weighted by atomic mass is 32.1. The van der Waals surface area contributed by atoms with Crippen LogP contribution in [0, 0.1) is 11.6 Å². The van der Waals surface area contributed by atoms with Gasteiger partial charge in [0.1, 0.15) is 23.1 Å². The van der Waals surface area contributed by atoms with Gasteiger partial charge < -0.3 is 5.73 Å². The summed E-state index contributed by atoms with van der Waals surface area (Å²) in [6.45, 7) is 0. The maximum absolute atomic E-state index is 14.0. The van der Waals surface area contributed by atoms with E-state index in [0.29, 0.717) is 17.1 Å². The van der Waals surface area contributed by atoms with Gasteiger partial charge in [0, 0.05) is 23.6 Å². The van der Waals surface area contributed by atoms with Gasteiger partial charge in [-0.15, -0.1) is 11.3 Å². The molecule has 2 aromatic heterocycles. The molecule has 102 valence electrons. The second-order valence-corrected chi connectivity index (χ2v) is 5.28. The topological polar surface area (TPSA) is 43.8 Å². The van der Waals surface area contributed by atoms with Crippen molar-refractivity contribution < 1.29 is 8.78 Å². The van der Waals surface area contributed by atoms with Gasteiger partial charge in [-0.05, 0) is 23.6 Å². The van der Waals surface area contributed by atoms with E-state index in [2.05, 4.69) is 5.10 Å². The molecule has 0 aliphatic heterocycles. The zero-order valence-corrected chi connectivity index (χ0v) is 11.4. The number of hydrogen-bond acceptors (Lipinski definition) is 3. The van der Waals surface area contributed by atoms with Crippen LogP contribution >= 0.6 is 11.3 Å². The van der Waals surface area contributed by atoms with Gasteiger partial charge in [-0.1, -0.05) is 6.07 Å². The highest BCUT2D eigenvalue weighted by Gasteiger charge is 2.20. The SMILES string of the molecule is Cn1nc(-c2ccc(F)cc2F)c(-c2cccs2)c1N. The molecule has 2 N–H and O–H groups in total. The Morgan fingerprint density at radius 3 is 2.70 bits per heavy atom. The zero-order valence-electron chi connectivity index (χ0n) is 10.6. The monoisotopic (exact) mass is 291 g/mol. The van der Waals surface area contributed by atoms with E-state index >= 15 is 0 Å². The van der Waals surface area contributed by atoms with Gasteiger partial charge in [-0.2, -0.15) is 5.10 Å². The number of anilines is 1. The number of hydrogen-bond donors (Lipinski definition) is 1. The number of halogens is 2. The Kier molecular flexibility index (Phi) is 3.02. The molecule has 3 aromatic rings. The molecule has 3 nitrogen and oxygen atoms in total. The van der Waals surface area contributed by atoms with Gasteiger partial charge in [0.15, 0.2) is 0 Å². The summed E-state index contributed by atoms with van der Waals surface area (Å²) in [5, 5.41) is 6.17. The predicted molar refractivity (Wildman–Crippen MR) is 76.3 cm³/mol. The molecule has 0 aliphatic rings. The van der Waals surface area contributed by atoms with Crippen molar-refractivity contribution in [2.24, 2.45) is 7.05 Å². The Morgan fingerprint density at radius 1 is 1.25 bits per heavy atom. The summed E-state index contributed by atoms with van der Waals surface area (Å²) in [6, 6.07) is 7.21. The highest BCUT2D eigenvalue weighted by molar-refractivity contribution is 7.13. The minimum absolute atomic E-state index is 0.238. The predicted octanol–water partition coefficient (Wildman–Crippen LogP) is 3.68. The largest absolute Gasteiger partial charge is 0.383 e. The Labute approximate surface area is 118 Å². The number of rotatable bonds is 2. The Balaban J connectivity index is 2.27. The fourth-order valence-corrected chi connectivity index (χ4v) is 2.85. The van der Waals surface area contributed by atoms with Crippen LogP contribution < -0.4 is 5.73 Å². The summed E-state index contributed by atoms with van der Waals surface area (Å²) in [4.78, 5) is 0.898. The van der Waals surface area contributed by atoms with Crippen molar-refractivity contribution >= 4 is 17.2 Å². The van der Waals surface area contributed by atoms with Crippen LogP contribution in [-0.2, 0) is 7.05 Å². The molecule has 0 saturated heterocycles. The van der Waals surface area contributed by atoms with Crippen LogP contribution in [0.25, 0.3) is 21.7 Å². The van der Waals surface area contributed by atoms with E-state index in [0.717, 1.165) is 10.9 Å². The third-order valence-electron chi connectivity index (χ3n) is 3.05. The standard InChI is InChI=1S/C14H11F2N3S/c1-19-14(17)12(11-3-2-6-20-11)13(18-19)9-5-4-8(15)7-10(9)16/h2-7H,17H2,1H3. The molecular formula is C14H11F2N3S. The minimum atomic E-state index is -0.652. The number of aryl methyl sites for hydroxylation is 1. The van der Waals surface area contributed by atoms with Crippen molar-refractivity contribution in [1.29, 1.82) is 0 Å². The lowest BCUT2D eigenvalue weighted by Crippen LogP contribution is -1.97. The summed E-state index contributed by atoms with van der Waals surface area (Å²) in [5.74, 6) is -0.820. The highest BCUT2D eigenvalue weighted by Crippen LogP contribution is 2.39. The van der Waals surface area contributed by atoms with Gasteiger partial charge in [-0.3, -0.25) is 4.68 Å². The summed E-state index contributed by atoms with van der Waals surface area (Å²) in [6.07, 6.45) is 0. The first-order valence-electron chi connectivity index (χ1n) is 5.89. The van der Waals surface area contributed by atoms with Crippen LogP contribution in [0.4, 0.5) is 14.6 Å². The summed E-state index contributed by atoms with van der Waals surface area (Å²) < 4.78 is 28.5. The van der Waals surface area contributed by atoms with Crippen LogP contribution in [-0.4, -0.2) is 9.78 Å². The van der Waals surface area contributed by atoms with E-state index in [1.807, 2.05) is 17.5 Å². The Morgan fingerprint density at radius 2 is 2.05 bits per heavy atom. The summed E-state index contributed by atoms with van der Waals surface area (Å²) in [5.41, 5.74) is 7.36. The second-order valence-electron chi connectivity index (χ2n) is 4.33. The molecule has 0 saturated carbocycles. The molecule has 0 radical (unpaired) electrons. The van der Waals surface area contributed by atoms with Gasteiger partial charge in [0.2, 0.25) is 0 Å². The van der Waals surface area contributed by atoms with Crippen LogP contribution in [0.3, 0.4) is 0 Å². The van der Waals surface area contributed by atoms with Crippen molar-refractivity contribution in [1.82, 2.24) is 9.78 Å². The number of benzene rings is 1. The second kappa shape index (κ2) is 4.72. The van der Waals surface area contributed by atoms with Crippen LogP contribution in [0.5, 0.6) is 0 Å². The average molecular weight is 291 g/mol. The first-order chi connectivity index (χ1) is 9.58. The maximum Gasteiger partial charge on any atom is 0.135 e. The van der Waals surface area contributed by atoms with Crippen molar-refractivity contribution in [3.63, 3.8) is 0 Å². The van der Waals surface area contributed by atoms with Crippen molar-refractivity contribution in [2.75, 3.05) is 5.73 Å². The van der Waals surface area contributed by atoms with E-state index in [9.17, 15) is 8.78 Å². The molecule has 0 spiro atoms. The first-order valence-corrected chi connectivity index (χ1v) is 6.77. The van der Waals surface area contributed by atoms with Crippen molar-refractivity contribution in [2.45, 2.75) is 0 Å². The van der Waals surface area contributed by atoms with Crippen LogP contribution in [0.1, 0.15) is 0 Å². The minimum Gasteiger partial charge on any atom is -0.383 e. The molecule has 3 rings (SSSR count). The Bertz CT molecular complexity index is 763. The van der Waals surface area contributed by atoms with Gasteiger partial charge in [0.05, 0.1) is 5.56 Å². The zero-order chi connectivity index (χ0) is 14.3. The van der Waals surface area contributed by atoms with Gasteiger partial charge >= 0.3 is 0 Å². The number of nitrogens with zero attached hydrogens (tertiary/aromatic N) is 2. The molecule has 0 amide bonds. The molecule has 0 unspecified atom stereocenters. The maximum atomic E-state index is 14.0. The lowest BCUT2D eigenvalue weighted by Gasteiger charge is -2.03. The number of aromatic nitrogens is 2. The fourth-order valence-electron chi connectivity index (χ4n) is 2.07. The van der Waals surface area contributed by atoms with Crippen LogP contribution in [0.2, 0.25) is 0 Å². The molecule has 2 heterocycles. The van der Waals surface area contributed by atoms with E-state index in [-0.39, 0.29) is 5.56 Å². The average Bonchev–Trinajstić information content (AvgIpc) is 2.99. The molecular weight excluding hydrogens is 280 g/mol. The molecule has 20 heavy (non-hydrogen) atoms. The lowest BCUT2D eigenvalue weighted by atomic mass is 10.1. The Hall–Kier alpha value is -2.21. The first kappa shape index (κ1) is 12.8. The van der Waals surface area contributed by atoms with E-state index in [4.69, 9.17) is 5.73 Å². The smallest absolute Gasteiger partial charge is 0.135 e. The third kappa shape index (κ3) is 1.98. The molecule has 1 aromatic carbocycles. The molecule has 6 heteroatoms. The van der Waals surface area contributed by atoms with Crippen molar-refractivity contribution in [3.05, 3.63) is 47.3 Å². The molecule has 0 bridgehead atoms.